The van der Waals surface area contributed by atoms with E-state index < -0.39 is 19.1 Å². The van der Waals surface area contributed by atoms with Crippen LogP contribution in [0, 0.1) is 5.92 Å². The molecule has 0 spiro atoms. The normalized spacial score (nSPS) is 18.7. The van der Waals surface area contributed by atoms with Gasteiger partial charge in [0.25, 0.3) is 6.43 Å². The molecule has 2 rings (SSSR count). The number of urea groups is 1. The summed E-state index contributed by atoms with van der Waals surface area (Å²) in [7, 11) is 2.06. The number of carbonyl (C=O) groups is 1. The summed E-state index contributed by atoms with van der Waals surface area (Å²) >= 11 is 0. The smallest absolute Gasteiger partial charge is 0.319 e. The van der Waals surface area contributed by atoms with Gasteiger partial charge in [0.15, 0.2) is 6.61 Å². The largest absolute Gasteiger partial charge is 0.470 e. The van der Waals surface area contributed by atoms with Crippen molar-refractivity contribution in [3.8, 4) is 5.88 Å². The average molecular weight is 328 g/mol. The monoisotopic (exact) mass is 328 g/mol. The van der Waals surface area contributed by atoms with Crippen molar-refractivity contribution in [2.45, 2.75) is 19.3 Å². The summed E-state index contributed by atoms with van der Waals surface area (Å²) < 4.78 is 29.3. The van der Waals surface area contributed by atoms with Crippen LogP contribution in [0.1, 0.15) is 12.8 Å². The third-order valence-electron chi connectivity index (χ3n) is 3.64. The molecule has 6 nitrogen and oxygen atoms in total. The lowest BCUT2D eigenvalue weighted by atomic mass is 9.99. The molecule has 0 aromatic carbocycles. The van der Waals surface area contributed by atoms with E-state index in [1.807, 2.05) is 0 Å². The number of anilines is 1. The molecule has 1 saturated heterocycles. The third kappa shape index (κ3) is 5.97. The Morgan fingerprint density at radius 3 is 3.13 bits per heavy atom. The maximum Gasteiger partial charge on any atom is 0.319 e. The van der Waals surface area contributed by atoms with Crippen molar-refractivity contribution in [1.29, 1.82) is 0 Å². The second kappa shape index (κ2) is 8.61. The van der Waals surface area contributed by atoms with Gasteiger partial charge >= 0.3 is 6.03 Å². The van der Waals surface area contributed by atoms with Crippen molar-refractivity contribution in [2.24, 2.45) is 5.92 Å². The minimum absolute atomic E-state index is 0.0136. The molecule has 8 heteroatoms. The van der Waals surface area contributed by atoms with Gasteiger partial charge in [0, 0.05) is 19.3 Å². The van der Waals surface area contributed by atoms with E-state index in [2.05, 4.69) is 27.6 Å². The highest BCUT2D eigenvalue weighted by Crippen LogP contribution is 2.21. The first-order valence-corrected chi connectivity index (χ1v) is 7.64. The number of ether oxygens (including phenoxy) is 1. The van der Waals surface area contributed by atoms with Crippen molar-refractivity contribution >= 4 is 11.7 Å². The van der Waals surface area contributed by atoms with E-state index >= 15 is 0 Å². The number of alkyl halides is 2. The first-order chi connectivity index (χ1) is 11.0. The van der Waals surface area contributed by atoms with Crippen LogP contribution in [0.5, 0.6) is 5.88 Å². The molecular weight excluding hydrogens is 306 g/mol. The zero-order valence-electron chi connectivity index (χ0n) is 13.1. The molecule has 1 unspecified atom stereocenters. The Balaban J connectivity index is 1.82. The molecule has 2 N–H and O–H groups in total. The Kier molecular flexibility index (Phi) is 6.52. The number of likely N-dealkylation sites (tertiary alicyclic amines) is 1. The summed E-state index contributed by atoms with van der Waals surface area (Å²) in [5, 5.41) is 5.39. The number of hydrogen-bond donors (Lipinski definition) is 2. The fourth-order valence-electron chi connectivity index (χ4n) is 2.59. The van der Waals surface area contributed by atoms with Gasteiger partial charge in [0.2, 0.25) is 5.88 Å². The summed E-state index contributed by atoms with van der Waals surface area (Å²) in [4.78, 5) is 18.1. The molecule has 23 heavy (non-hydrogen) atoms. The fraction of sp³-hybridized carbons (Fsp3) is 0.600. The van der Waals surface area contributed by atoms with Crippen molar-refractivity contribution < 1.29 is 18.3 Å². The van der Waals surface area contributed by atoms with Crippen LogP contribution in [0.4, 0.5) is 19.3 Å². The Hall–Kier alpha value is -1.96. The molecule has 1 aromatic heterocycles. The van der Waals surface area contributed by atoms with Crippen LogP contribution < -0.4 is 15.4 Å². The lowest BCUT2D eigenvalue weighted by Crippen LogP contribution is -2.40. The van der Waals surface area contributed by atoms with Gasteiger partial charge in [0.1, 0.15) is 5.69 Å². The second-order valence-corrected chi connectivity index (χ2v) is 5.66. The molecule has 128 valence electrons. The molecule has 1 fully saturated rings. The molecule has 2 amide bonds. The number of nitrogens with one attached hydrogen (secondary N) is 2. The highest BCUT2D eigenvalue weighted by atomic mass is 19.3. The lowest BCUT2D eigenvalue weighted by Gasteiger charge is -2.29. The van der Waals surface area contributed by atoms with Crippen molar-refractivity contribution in [3.63, 3.8) is 0 Å². The van der Waals surface area contributed by atoms with Crippen molar-refractivity contribution in [2.75, 3.05) is 38.6 Å². The standard InChI is InChI=1S/C15H22F2N4O2/c1-21-7-3-4-11(9-21)8-19-15(22)20-12-5-2-6-18-14(12)23-10-13(16)17/h2,5-6,11,13H,3-4,7-10H2,1H3,(H2,19,20,22). The van der Waals surface area contributed by atoms with Crippen molar-refractivity contribution in [3.05, 3.63) is 18.3 Å². The summed E-state index contributed by atoms with van der Waals surface area (Å²) in [5.41, 5.74) is 0.270. The number of nitrogens with zero attached hydrogens (tertiary/aromatic N) is 2. The maximum atomic E-state index is 12.2. The van der Waals surface area contributed by atoms with Crippen LogP contribution in [0.3, 0.4) is 0 Å². The fourth-order valence-corrected chi connectivity index (χ4v) is 2.59. The molecule has 0 radical (unpaired) electrons. The average Bonchev–Trinajstić information content (AvgIpc) is 2.52. The predicted octanol–water partition coefficient (Wildman–Crippen LogP) is 2.19. The number of carbonyl (C=O) groups excluding carboxylic acids is 1. The van der Waals surface area contributed by atoms with E-state index in [0.717, 1.165) is 25.9 Å². The van der Waals surface area contributed by atoms with Gasteiger partial charge in [-0.05, 0) is 44.5 Å². The van der Waals surface area contributed by atoms with Gasteiger partial charge in [-0.25, -0.2) is 18.6 Å². The molecule has 1 atom stereocenters. The number of aromatic nitrogens is 1. The molecule has 1 aromatic rings. The molecule has 2 heterocycles. The van der Waals surface area contributed by atoms with E-state index in [-0.39, 0.29) is 11.6 Å². The van der Waals surface area contributed by atoms with E-state index in [0.29, 0.717) is 12.5 Å². The minimum Gasteiger partial charge on any atom is -0.470 e. The summed E-state index contributed by atoms with van der Waals surface area (Å²) in [5.74, 6) is 0.406. The van der Waals surface area contributed by atoms with Gasteiger partial charge in [-0.3, -0.25) is 0 Å². The highest BCUT2D eigenvalue weighted by molar-refractivity contribution is 5.90. The van der Waals surface area contributed by atoms with Gasteiger partial charge in [-0.15, -0.1) is 0 Å². The number of pyridine rings is 1. The van der Waals surface area contributed by atoms with Crippen LogP contribution in [-0.2, 0) is 0 Å². The van der Waals surface area contributed by atoms with Gasteiger partial charge < -0.3 is 20.3 Å². The van der Waals surface area contributed by atoms with Crippen LogP contribution >= 0.6 is 0 Å². The second-order valence-electron chi connectivity index (χ2n) is 5.66. The maximum absolute atomic E-state index is 12.2. The zero-order chi connectivity index (χ0) is 16.7. The highest BCUT2D eigenvalue weighted by Gasteiger charge is 2.18. The van der Waals surface area contributed by atoms with Crippen LogP contribution in [0.25, 0.3) is 0 Å². The zero-order valence-corrected chi connectivity index (χ0v) is 13.1. The van der Waals surface area contributed by atoms with Gasteiger partial charge in [-0.2, -0.15) is 0 Å². The van der Waals surface area contributed by atoms with Gasteiger partial charge in [0.05, 0.1) is 0 Å². The Bertz CT molecular complexity index is 516. The number of hydrogen-bond acceptors (Lipinski definition) is 4. The summed E-state index contributed by atoms with van der Waals surface area (Å²) in [6, 6.07) is 2.76. The topological polar surface area (TPSA) is 66.5 Å². The summed E-state index contributed by atoms with van der Waals surface area (Å²) in [6.45, 7) is 1.85. The molecule has 1 aliphatic heterocycles. The third-order valence-corrected chi connectivity index (χ3v) is 3.64. The summed E-state index contributed by atoms with van der Waals surface area (Å²) in [6.07, 6.45) is 1.03. The molecule has 0 aliphatic carbocycles. The number of piperidine rings is 1. The molecular formula is C15H22F2N4O2. The first-order valence-electron chi connectivity index (χ1n) is 7.64. The van der Waals surface area contributed by atoms with Crippen molar-refractivity contribution in [1.82, 2.24) is 15.2 Å². The number of rotatable bonds is 6. The first kappa shape index (κ1) is 17.4. The van der Waals surface area contributed by atoms with E-state index in [4.69, 9.17) is 4.74 Å². The Morgan fingerprint density at radius 1 is 1.57 bits per heavy atom. The number of halogens is 2. The SMILES string of the molecule is CN1CCCC(CNC(=O)Nc2cccnc2OCC(F)F)C1. The Morgan fingerprint density at radius 2 is 2.39 bits per heavy atom. The van der Waals surface area contributed by atoms with Crippen LogP contribution in [0.2, 0.25) is 0 Å². The van der Waals surface area contributed by atoms with Gasteiger partial charge in [-0.1, -0.05) is 0 Å². The van der Waals surface area contributed by atoms with Crippen LogP contribution in [0.15, 0.2) is 18.3 Å². The van der Waals surface area contributed by atoms with E-state index in [9.17, 15) is 13.6 Å². The van der Waals surface area contributed by atoms with E-state index in [1.165, 1.54) is 6.20 Å². The molecule has 0 bridgehead atoms. The van der Waals surface area contributed by atoms with E-state index in [1.54, 1.807) is 12.1 Å². The molecule has 1 aliphatic rings. The van der Waals surface area contributed by atoms with Crippen LogP contribution in [-0.4, -0.2) is 55.6 Å². The Labute approximate surface area is 134 Å². The predicted molar refractivity (Wildman–Crippen MR) is 83.0 cm³/mol. The minimum atomic E-state index is -2.60. The molecule has 0 saturated carbocycles. The number of amides is 2. The quantitative estimate of drug-likeness (QED) is 0.840. The lowest BCUT2D eigenvalue weighted by molar-refractivity contribution is 0.0800.